The Morgan fingerprint density at radius 2 is 1.85 bits per heavy atom. The molecule has 0 unspecified atom stereocenters. The molecule has 0 amide bonds. The quantitative estimate of drug-likeness (QED) is 0.306. The van der Waals surface area contributed by atoms with Gasteiger partial charge in [0.1, 0.15) is 16.7 Å². The lowest BCUT2D eigenvalue weighted by atomic mass is 9.93. The Morgan fingerprint density at radius 3 is 2.56 bits per heavy atom. The average Bonchev–Trinajstić information content (AvgIpc) is 3.48. The Labute approximate surface area is 224 Å². The van der Waals surface area contributed by atoms with E-state index in [2.05, 4.69) is 67.9 Å². The molecule has 2 aliphatic heterocycles. The summed E-state index contributed by atoms with van der Waals surface area (Å²) in [6.07, 6.45) is 6.22. The number of hydrogen-bond donors (Lipinski definition) is 3. The average molecular weight is 527 g/mol. The van der Waals surface area contributed by atoms with Crippen molar-refractivity contribution in [3.05, 3.63) is 63.6 Å². The minimum atomic E-state index is -0.340. The van der Waals surface area contributed by atoms with E-state index in [-0.39, 0.29) is 11.6 Å². The number of H-pyrrole nitrogens is 2. The van der Waals surface area contributed by atoms with Crippen molar-refractivity contribution in [2.45, 2.75) is 44.7 Å². The molecule has 1 aromatic carbocycles. The van der Waals surface area contributed by atoms with E-state index in [1.165, 1.54) is 5.56 Å². The molecule has 5 heterocycles. The fourth-order valence-corrected chi connectivity index (χ4v) is 5.38. The molecule has 0 bridgehead atoms. The van der Waals surface area contributed by atoms with Gasteiger partial charge in [-0.3, -0.25) is 9.69 Å². The predicted molar refractivity (Wildman–Crippen MR) is 145 cm³/mol. The Morgan fingerprint density at radius 1 is 1.05 bits per heavy atom. The fraction of sp³-hybridized carbons (Fsp3) is 0.462. The minimum Gasteiger partial charge on any atom is -0.340 e. The van der Waals surface area contributed by atoms with Crippen LogP contribution in [0.1, 0.15) is 37.1 Å². The second-order valence-electron chi connectivity index (χ2n) is 10.3. The molecule has 13 heteroatoms. The first-order valence-electron chi connectivity index (χ1n) is 13.3. The zero-order valence-corrected chi connectivity index (χ0v) is 21.5. The molecular formula is C26H30N12O. The van der Waals surface area contributed by atoms with E-state index in [0.717, 1.165) is 63.3 Å². The largest absolute Gasteiger partial charge is 0.340 e. The summed E-state index contributed by atoms with van der Waals surface area (Å²) in [5.41, 5.74) is 2.21. The van der Waals surface area contributed by atoms with Gasteiger partial charge in [-0.2, -0.15) is 15.3 Å². The molecule has 4 aromatic rings. The third-order valence-corrected chi connectivity index (χ3v) is 7.63. The number of tetrazole rings is 1. The van der Waals surface area contributed by atoms with E-state index in [4.69, 9.17) is 11.6 Å². The number of aromatic amines is 2. The van der Waals surface area contributed by atoms with Gasteiger partial charge in [0, 0.05) is 44.6 Å². The van der Waals surface area contributed by atoms with Crippen molar-refractivity contribution in [1.82, 2.24) is 45.7 Å². The van der Waals surface area contributed by atoms with Crippen LogP contribution in [-0.2, 0) is 13.0 Å². The molecule has 6 rings (SSSR count). The fourth-order valence-electron chi connectivity index (χ4n) is 5.38. The van der Waals surface area contributed by atoms with Crippen molar-refractivity contribution in [3.8, 4) is 0 Å². The van der Waals surface area contributed by atoms with Crippen LogP contribution in [0.15, 0.2) is 35.3 Å². The zero-order valence-electron chi connectivity index (χ0n) is 21.5. The van der Waals surface area contributed by atoms with E-state index in [0.29, 0.717) is 41.7 Å². The highest BCUT2D eigenvalue weighted by molar-refractivity contribution is 5.90. The third-order valence-electron chi connectivity index (χ3n) is 7.63. The van der Waals surface area contributed by atoms with E-state index in [1.807, 2.05) is 12.1 Å². The standard InChI is InChI=1S/C26H30N12O/c1-27-19-8-12-38(13-9-19)26-30-21-15-28-34-25(39)23(21)24(31-26)29-20-4-2-18(3-5-20)16-37-10-6-17(7-11-37)14-22-32-35-36-33-22/h2-5,15,17,19H,6-14,16H2,(H,34,39)(H,29,30,31)(H,32,33,35,36). The van der Waals surface area contributed by atoms with Gasteiger partial charge in [-0.25, -0.2) is 16.7 Å². The molecule has 2 fully saturated rings. The number of likely N-dealkylation sites (tertiary alicyclic amines) is 1. The summed E-state index contributed by atoms with van der Waals surface area (Å²) in [6, 6.07) is 8.30. The topological polar surface area (TPSA) is 149 Å². The molecule has 3 aromatic heterocycles. The smallest absolute Gasteiger partial charge is 0.277 e. The molecule has 2 aliphatic rings. The van der Waals surface area contributed by atoms with Crippen LogP contribution >= 0.6 is 0 Å². The Kier molecular flexibility index (Phi) is 7.09. The Hall–Kier alpha value is -4.44. The summed E-state index contributed by atoms with van der Waals surface area (Å²) in [5, 5.41) is 24.5. The van der Waals surface area contributed by atoms with Gasteiger partial charge in [0.05, 0.1) is 6.20 Å². The maximum atomic E-state index is 12.6. The number of rotatable bonds is 7. The van der Waals surface area contributed by atoms with Crippen molar-refractivity contribution < 1.29 is 0 Å². The second-order valence-corrected chi connectivity index (χ2v) is 10.3. The number of anilines is 3. The van der Waals surface area contributed by atoms with Crippen molar-refractivity contribution in [2.75, 3.05) is 36.4 Å². The Bertz CT molecular complexity index is 1490. The number of nitrogens with one attached hydrogen (secondary N) is 3. The van der Waals surface area contributed by atoms with E-state index >= 15 is 0 Å². The molecule has 0 aliphatic carbocycles. The van der Waals surface area contributed by atoms with Gasteiger partial charge >= 0.3 is 0 Å². The van der Waals surface area contributed by atoms with Gasteiger partial charge in [0.15, 0.2) is 5.82 Å². The lowest BCUT2D eigenvalue weighted by molar-refractivity contribution is 0.176. The molecule has 0 spiro atoms. The molecular weight excluding hydrogens is 496 g/mol. The van der Waals surface area contributed by atoms with E-state index < -0.39 is 0 Å². The van der Waals surface area contributed by atoms with Gasteiger partial charge in [-0.1, -0.05) is 17.3 Å². The van der Waals surface area contributed by atoms with Crippen molar-refractivity contribution in [3.63, 3.8) is 0 Å². The number of benzene rings is 1. The number of fused-ring (bicyclic) bond motifs is 1. The van der Waals surface area contributed by atoms with Crippen LogP contribution in [0.3, 0.4) is 0 Å². The van der Waals surface area contributed by atoms with Crippen molar-refractivity contribution in [2.24, 2.45) is 5.92 Å². The highest BCUT2D eigenvalue weighted by atomic mass is 16.1. The molecule has 200 valence electrons. The summed E-state index contributed by atoms with van der Waals surface area (Å²) in [4.78, 5) is 30.2. The molecule has 0 saturated carbocycles. The van der Waals surface area contributed by atoms with Gasteiger partial charge in [-0.05, 0) is 49.5 Å². The Balaban J connectivity index is 1.13. The van der Waals surface area contributed by atoms with Crippen LogP contribution in [0.5, 0.6) is 0 Å². The summed E-state index contributed by atoms with van der Waals surface area (Å²) in [7, 11) is 0. The van der Waals surface area contributed by atoms with Gasteiger partial charge in [0.25, 0.3) is 5.56 Å². The molecule has 39 heavy (non-hydrogen) atoms. The summed E-state index contributed by atoms with van der Waals surface area (Å²) in [6.45, 7) is 11.7. The van der Waals surface area contributed by atoms with Crippen LogP contribution in [0, 0.1) is 12.5 Å². The first-order chi connectivity index (χ1) is 19.1. The van der Waals surface area contributed by atoms with Gasteiger partial charge in [-0.15, -0.1) is 10.2 Å². The first-order valence-corrected chi connectivity index (χ1v) is 13.3. The number of aromatic nitrogens is 8. The van der Waals surface area contributed by atoms with Gasteiger partial charge < -0.3 is 15.1 Å². The number of piperidine rings is 2. The van der Waals surface area contributed by atoms with Crippen molar-refractivity contribution >= 4 is 28.4 Å². The molecule has 0 radical (unpaired) electrons. The molecule has 3 N–H and O–H groups in total. The van der Waals surface area contributed by atoms with Crippen LogP contribution in [-0.4, -0.2) is 77.9 Å². The third kappa shape index (κ3) is 5.70. The van der Waals surface area contributed by atoms with Crippen LogP contribution in [0.2, 0.25) is 0 Å². The SMILES string of the molecule is [C-]#[N+]C1CCN(c2nc(Nc3ccc(CN4CCC(Cc5nn[nH]n5)CC4)cc3)c3c(=O)[nH]ncc3n2)CC1. The lowest BCUT2D eigenvalue weighted by Gasteiger charge is -2.31. The monoisotopic (exact) mass is 526 g/mol. The van der Waals surface area contributed by atoms with Crippen LogP contribution in [0.4, 0.5) is 17.5 Å². The normalized spacial score (nSPS) is 17.4. The van der Waals surface area contributed by atoms with E-state index in [1.54, 1.807) is 6.20 Å². The van der Waals surface area contributed by atoms with Crippen LogP contribution < -0.4 is 15.8 Å². The second kappa shape index (κ2) is 11.1. The minimum absolute atomic E-state index is 0.0467. The summed E-state index contributed by atoms with van der Waals surface area (Å²) in [5.74, 6) is 2.38. The lowest BCUT2D eigenvalue weighted by Crippen LogP contribution is -2.36. The predicted octanol–water partition coefficient (Wildman–Crippen LogP) is 2.31. The highest BCUT2D eigenvalue weighted by Gasteiger charge is 2.25. The zero-order chi connectivity index (χ0) is 26.6. The van der Waals surface area contributed by atoms with E-state index in [9.17, 15) is 4.79 Å². The molecule has 2 saturated heterocycles. The first kappa shape index (κ1) is 24.9. The number of hydrogen-bond acceptors (Lipinski definition) is 10. The number of nitrogens with zero attached hydrogens (tertiary/aromatic N) is 9. The highest BCUT2D eigenvalue weighted by Crippen LogP contribution is 2.27. The van der Waals surface area contributed by atoms with Crippen LogP contribution in [0.25, 0.3) is 15.7 Å². The maximum absolute atomic E-state index is 12.6. The maximum Gasteiger partial charge on any atom is 0.277 e. The summed E-state index contributed by atoms with van der Waals surface area (Å²) < 4.78 is 0. The van der Waals surface area contributed by atoms with Crippen molar-refractivity contribution in [1.29, 1.82) is 0 Å². The van der Waals surface area contributed by atoms with Gasteiger partial charge in [0.2, 0.25) is 12.0 Å². The molecule has 0 atom stereocenters. The summed E-state index contributed by atoms with van der Waals surface area (Å²) >= 11 is 0. The molecule has 13 nitrogen and oxygen atoms in total.